The fourth-order valence-corrected chi connectivity index (χ4v) is 2.66. The highest BCUT2D eigenvalue weighted by atomic mass is 32.2. The van der Waals surface area contributed by atoms with E-state index >= 15 is 0 Å². The third-order valence-corrected chi connectivity index (χ3v) is 3.82. The highest BCUT2D eigenvalue weighted by Gasteiger charge is 2.15. The summed E-state index contributed by atoms with van der Waals surface area (Å²) >= 11 is 1.61. The van der Waals surface area contributed by atoms with E-state index in [-0.39, 0.29) is 11.4 Å². The number of carbonyl (C=O) groups is 1. The molecule has 2 N–H and O–H groups in total. The average Bonchev–Trinajstić information content (AvgIpc) is 2.26. The van der Waals surface area contributed by atoms with Gasteiger partial charge in [0, 0.05) is 10.4 Å². The lowest BCUT2D eigenvalue weighted by Crippen LogP contribution is -2.37. The topological polar surface area (TPSA) is 41.1 Å². The molecule has 0 unspecified atom stereocenters. The first kappa shape index (κ1) is 13.4. The van der Waals surface area contributed by atoms with Crippen LogP contribution in [0.3, 0.4) is 0 Å². The fourth-order valence-electron chi connectivity index (χ4n) is 1.87. The van der Waals surface area contributed by atoms with Crippen LogP contribution in [0.2, 0.25) is 0 Å². The average molecular weight is 264 g/mol. The summed E-state index contributed by atoms with van der Waals surface area (Å²) in [6.07, 6.45) is 0.977. The predicted octanol–water partition coefficient (Wildman–Crippen LogP) is 2.66. The van der Waals surface area contributed by atoms with Gasteiger partial charge in [-0.15, -0.1) is 11.8 Å². The maximum absolute atomic E-state index is 11.3. The zero-order valence-corrected chi connectivity index (χ0v) is 12.0. The third-order valence-electron chi connectivity index (χ3n) is 2.75. The van der Waals surface area contributed by atoms with E-state index in [1.54, 1.807) is 11.8 Å². The summed E-state index contributed by atoms with van der Waals surface area (Å²) in [6, 6.07) is 6.34. The van der Waals surface area contributed by atoms with Crippen LogP contribution < -0.4 is 10.6 Å². The molecule has 0 bridgehead atoms. The van der Waals surface area contributed by atoms with Gasteiger partial charge in [0.15, 0.2) is 0 Å². The molecule has 0 saturated carbocycles. The largest absolute Gasteiger partial charge is 0.324 e. The van der Waals surface area contributed by atoms with Crippen LogP contribution in [0.15, 0.2) is 23.1 Å². The minimum Gasteiger partial charge on any atom is -0.324 e. The van der Waals surface area contributed by atoms with Crippen molar-refractivity contribution in [3.05, 3.63) is 23.8 Å². The molecule has 0 spiro atoms. The molecule has 1 aromatic rings. The third kappa shape index (κ3) is 3.75. The number of thioether (sulfide) groups is 1. The first-order valence-electron chi connectivity index (χ1n) is 6.25. The fraction of sp³-hybridized carbons (Fsp3) is 0.500. The van der Waals surface area contributed by atoms with Crippen molar-refractivity contribution in [2.24, 2.45) is 0 Å². The molecular formula is C14H20N2OS. The molecule has 0 aromatic heterocycles. The molecule has 2 rings (SSSR count). The molecule has 98 valence electrons. The van der Waals surface area contributed by atoms with Gasteiger partial charge in [0.05, 0.1) is 11.4 Å². The van der Waals surface area contributed by atoms with Crippen LogP contribution in [-0.2, 0) is 11.2 Å². The molecule has 1 aromatic carbocycles. The lowest BCUT2D eigenvalue weighted by atomic mass is 10.1. The van der Waals surface area contributed by atoms with Gasteiger partial charge in [0.25, 0.3) is 0 Å². The Balaban J connectivity index is 1.98. The number of hydrogen-bond acceptors (Lipinski definition) is 3. The Morgan fingerprint density at radius 1 is 1.39 bits per heavy atom. The second-order valence-electron chi connectivity index (χ2n) is 5.59. The van der Waals surface area contributed by atoms with Gasteiger partial charge in [0.2, 0.25) is 5.91 Å². The standard InChI is InChI=1S/C14H20N2OS/c1-14(2,3)15-7-6-10-4-5-12-11(8-10)16-13(17)9-18-12/h4-5,8,15H,6-7,9H2,1-3H3,(H,16,17). The number of nitrogens with one attached hydrogen (secondary N) is 2. The van der Waals surface area contributed by atoms with Crippen LogP contribution in [0.25, 0.3) is 0 Å². The SMILES string of the molecule is CC(C)(C)NCCc1ccc2c(c1)NC(=O)CS2. The van der Waals surface area contributed by atoms with E-state index in [1.807, 2.05) is 0 Å². The van der Waals surface area contributed by atoms with Gasteiger partial charge in [-0.1, -0.05) is 6.07 Å². The summed E-state index contributed by atoms with van der Waals surface area (Å²) in [7, 11) is 0. The quantitative estimate of drug-likeness (QED) is 0.882. The lowest BCUT2D eigenvalue weighted by molar-refractivity contribution is -0.113. The minimum atomic E-state index is 0.0949. The first-order valence-corrected chi connectivity index (χ1v) is 7.23. The maximum atomic E-state index is 11.3. The summed E-state index contributed by atoms with van der Waals surface area (Å²) in [5, 5.41) is 6.39. The van der Waals surface area contributed by atoms with Crippen molar-refractivity contribution in [3.63, 3.8) is 0 Å². The van der Waals surface area contributed by atoms with E-state index < -0.39 is 0 Å². The van der Waals surface area contributed by atoms with Crippen LogP contribution in [0, 0.1) is 0 Å². The zero-order valence-electron chi connectivity index (χ0n) is 11.2. The number of fused-ring (bicyclic) bond motifs is 1. The van der Waals surface area contributed by atoms with Gasteiger partial charge in [-0.05, 0) is 51.4 Å². The van der Waals surface area contributed by atoms with Crippen molar-refractivity contribution in [3.8, 4) is 0 Å². The molecule has 0 atom stereocenters. The Labute approximate surface area is 113 Å². The number of anilines is 1. The second-order valence-corrected chi connectivity index (χ2v) is 6.61. The highest BCUT2D eigenvalue weighted by molar-refractivity contribution is 8.00. The number of hydrogen-bond donors (Lipinski definition) is 2. The molecule has 0 radical (unpaired) electrons. The monoisotopic (exact) mass is 264 g/mol. The van der Waals surface area contributed by atoms with E-state index in [0.717, 1.165) is 18.7 Å². The van der Waals surface area contributed by atoms with Crippen molar-refractivity contribution in [2.75, 3.05) is 17.6 Å². The van der Waals surface area contributed by atoms with Crippen molar-refractivity contribution >= 4 is 23.4 Å². The summed E-state index contributed by atoms with van der Waals surface area (Å²) in [4.78, 5) is 12.5. The summed E-state index contributed by atoms with van der Waals surface area (Å²) in [5.74, 6) is 0.621. The van der Waals surface area contributed by atoms with Crippen LogP contribution in [0.1, 0.15) is 26.3 Å². The lowest BCUT2D eigenvalue weighted by Gasteiger charge is -2.21. The number of carbonyl (C=O) groups excluding carboxylic acids is 1. The maximum Gasteiger partial charge on any atom is 0.234 e. The Morgan fingerprint density at radius 2 is 2.17 bits per heavy atom. The van der Waals surface area contributed by atoms with Crippen molar-refractivity contribution in [1.29, 1.82) is 0 Å². The summed E-state index contributed by atoms with van der Waals surface area (Å²) in [6.45, 7) is 7.44. The summed E-state index contributed by atoms with van der Waals surface area (Å²) in [5.41, 5.74) is 2.37. The van der Waals surface area contributed by atoms with E-state index in [0.29, 0.717) is 5.75 Å². The van der Waals surface area contributed by atoms with Crippen molar-refractivity contribution in [1.82, 2.24) is 5.32 Å². The normalized spacial score (nSPS) is 15.2. The van der Waals surface area contributed by atoms with Gasteiger partial charge in [-0.25, -0.2) is 0 Å². The molecule has 1 heterocycles. The van der Waals surface area contributed by atoms with Gasteiger partial charge in [-0.2, -0.15) is 0 Å². The Morgan fingerprint density at radius 3 is 2.89 bits per heavy atom. The molecule has 0 saturated heterocycles. The van der Waals surface area contributed by atoms with Crippen LogP contribution in [0.5, 0.6) is 0 Å². The van der Waals surface area contributed by atoms with E-state index in [1.165, 1.54) is 10.5 Å². The Hall–Kier alpha value is -1.000. The molecule has 1 aliphatic rings. The highest BCUT2D eigenvalue weighted by Crippen LogP contribution is 2.31. The molecule has 0 fully saturated rings. The molecule has 18 heavy (non-hydrogen) atoms. The predicted molar refractivity (Wildman–Crippen MR) is 77.3 cm³/mol. The van der Waals surface area contributed by atoms with Gasteiger partial charge in [0.1, 0.15) is 0 Å². The number of benzene rings is 1. The molecule has 1 aliphatic heterocycles. The van der Waals surface area contributed by atoms with E-state index in [4.69, 9.17) is 0 Å². The smallest absolute Gasteiger partial charge is 0.234 e. The second kappa shape index (κ2) is 5.33. The van der Waals surface area contributed by atoms with Gasteiger partial charge < -0.3 is 10.6 Å². The summed E-state index contributed by atoms with van der Waals surface area (Å²) < 4.78 is 0. The molecule has 0 aliphatic carbocycles. The number of rotatable bonds is 3. The van der Waals surface area contributed by atoms with Crippen molar-refractivity contribution < 1.29 is 4.79 Å². The molecular weight excluding hydrogens is 244 g/mol. The minimum absolute atomic E-state index is 0.0949. The van der Waals surface area contributed by atoms with E-state index in [2.05, 4.69) is 49.6 Å². The molecule has 4 heteroatoms. The number of amides is 1. The van der Waals surface area contributed by atoms with Gasteiger partial charge in [-0.3, -0.25) is 4.79 Å². The van der Waals surface area contributed by atoms with Crippen molar-refractivity contribution in [2.45, 2.75) is 37.6 Å². The Kier molecular flexibility index (Phi) is 3.97. The Bertz CT molecular complexity index is 452. The van der Waals surface area contributed by atoms with Crippen LogP contribution in [-0.4, -0.2) is 23.7 Å². The van der Waals surface area contributed by atoms with Crippen LogP contribution in [0.4, 0.5) is 5.69 Å². The molecule has 1 amide bonds. The van der Waals surface area contributed by atoms with E-state index in [9.17, 15) is 4.79 Å². The van der Waals surface area contributed by atoms with Crippen LogP contribution >= 0.6 is 11.8 Å². The first-order chi connectivity index (χ1) is 8.44. The van der Waals surface area contributed by atoms with Gasteiger partial charge >= 0.3 is 0 Å². The molecule has 3 nitrogen and oxygen atoms in total. The zero-order chi connectivity index (χ0) is 13.2.